The lowest BCUT2D eigenvalue weighted by Crippen LogP contribution is -2.22. The summed E-state index contributed by atoms with van der Waals surface area (Å²) < 4.78 is 0. The standard InChI is InChI=1S/C16H29N2/c1-5-7-8-10-15(9-6-2)13(3)14(4)16-17-11-12-18-16/h11-15H,5-10H2,1-4H3/q+1. The van der Waals surface area contributed by atoms with Crippen molar-refractivity contribution in [3.8, 4) is 0 Å². The predicted molar refractivity (Wildman–Crippen MR) is 81.1 cm³/mol. The Morgan fingerprint density at radius 2 is 1.61 bits per heavy atom. The van der Waals surface area contributed by atoms with Crippen LogP contribution in [0.5, 0.6) is 0 Å². The van der Waals surface area contributed by atoms with E-state index in [1.54, 1.807) is 0 Å². The van der Waals surface area contributed by atoms with Crippen LogP contribution in [0.3, 0.4) is 0 Å². The second-order valence-corrected chi connectivity index (χ2v) is 5.61. The van der Waals surface area contributed by atoms with Crippen LogP contribution >= 0.6 is 0 Å². The molecule has 2 nitrogen and oxygen atoms in total. The summed E-state index contributed by atoms with van der Waals surface area (Å²) in [4.78, 5) is 8.73. The number of hydrogen-bond donors (Lipinski definition) is 0. The van der Waals surface area contributed by atoms with Gasteiger partial charge in [0.1, 0.15) is 0 Å². The summed E-state index contributed by atoms with van der Waals surface area (Å²) in [5.74, 6) is 2.00. The molecular formula is C16H29N2+. The maximum absolute atomic E-state index is 4.37. The van der Waals surface area contributed by atoms with Crippen molar-refractivity contribution in [1.29, 1.82) is 0 Å². The van der Waals surface area contributed by atoms with E-state index >= 15 is 0 Å². The highest BCUT2D eigenvalue weighted by Crippen LogP contribution is 2.35. The quantitative estimate of drug-likeness (QED) is 0.410. The Morgan fingerprint density at radius 3 is 2.17 bits per heavy atom. The Morgan fingerprint density at radius 1 is 0.944 bits per heavy atom. The molecule has 2 heteroatoms. The lowest BCUT2D eigenvalue weighted by Gasteiger charge is -2.27. The molecule has 0 aromatic heterocycles. The molecule has 0 aromatic carbocycles. The first kappa shape index (κ1) is 15.3. The van der Waals surface area contributed by atoms with E-state index in [4.69, 9.17) is 0 Å². The molecule has 3 atom stereocenters. The van der Waals surface area contributed by atoms with Gasteiger partial charge in [0.2, 0.25) is 6.17 Å². The summed E-state index contributed by atoms with van der Waals surface area (Å²) in [5, 5.41) is 0. The van der Waals surface area contributed by atoms with Gasteiger partial charge < -0.3 is 0 Å². The van der Waals surface area contributed by atoms with Gasteiger partial charge in [0.15, 0.2) is 12.4 Å². The van der Waals surface area contributed by atoms with Gasteiger partial charge in [-0.2, -0.15) is 0 Å². The van der Waals surface area contributed by atoms with Crippen LogP contribution in [0.15, 0.2) is 9.98 Å². The number of nitrogens with zero attached hydrogens (tertiary/aromatic N) is 2. The smallest absolute Gasteiger partial charge is 0.0965 e. The summed E-state index contributed by atoms with van der Waals surface area (Å²) in [6.45, 7) is 9.23. The van der Waals surface area contributed by atoms with Crippen molar-refractivity contribution in [1.82, 2.24) is 0 Å². The first-order valence-electron chi connectivity index (χ1n) is 7.64. The molecule has 0 bridgehead atoms. The van der Waals surface area contributed by atoms with Crippen LogP contribution in [-0.4, -0.2) is 12.4 Å². The van der Waals surface area contributed by atoms with Gasteiger partial charge in [-0.1, -0.05) is 69.3 Å². The molecule has 0 saturated carbocycles. The molecule has 102 valence electrons. The Kier molecular flexibility index (Phi) is 7.07. The molecule has 0 fully saturated rings. The minimum absolute atomic E-state index is 0.484. The van der Waals surface area contributed by atoms with Crippen molar-refractivity contribution in [2.45, 2.75) is 66.2 Å². The average Bonchev–Trinajstić information content (AvgIpc) is 2.90. The lowest BCUT2D eigenvalue weighted by molar-refractivity contribution is 0.234. The van der Waals surface area contributed by atoms with Crippen LogP contribution in [0, 0.1) is 23.9 Å². The third-order valence-electron chi connectivity index (χ3n) is 4.26. The average molecular weight is 249 g/mol. The van der Waals surface area contributed by atoms with Gasteiger partial charge >= 0.3 is 0 Å². The van der Waals surface area contributed by atoms with Crippen molar-refractivity contribution < 1.29 is 0 Å². The van der Waals surface area contributed by atoms with Crippen LogP contribution in [-0.2, 0) is 0 Å². The molecule has 0 N–H and O–H groups in total. The topological polar surface area (TPSA) is 24.7 Å². The minimum Gasteiger partial charge on any atom is -0.0965 e. The van der Waals surface area contributed by atoms with Crippen LogP contribution in [0.25, 0.3) is 0 Å². The van der Waals surface area contributed by atoms with Crippen molar-refractivity contribution in [2.24, 2.45) is 27.7 Å². The summed E-state index contributed by atoms with van der Waals surface area (Å²) in [6, 6.07) is 0. The largest absolute Gasteiger partial charge is 0.243 e. The van der Waals surface area contributed by atoms with Crippen LogP contribution in [0.2, 0.25) is 0 Å². The second-order valence-electron chi connectivity index (χ2n) is 5.61. The SMILES string of the molecule is CCCCCC(CCC)C(C)C(C)[C+]1N=CC=N1. The molecule has 1 rings (SSSR count). The third kappa shape index (κ3) is 4.47. The fourth-order valence-corrected chi connectivity index (χ4v) is 2.83. The monoisotopic (exact) mass is 249 g/mol. The molecule has 0 saturated heterocycles. The summed E-state index contributed by atoms with van der Waals surface area (Å²) in [6.07, 6.45) is 12.7. The van der Waals surface area contributed by atoms with E-state index in [1.807, 2.05) is 12.4 Å². The molecule has 0 aliphatic carbocycles. The maximum atomic E-state index is 4.37. The van der Waals surface area contributed by atoms with Gasteiger partial charge in [-0.25, -0.2) is 0 Å². The molecule has 0 aromatic rings. The number of unbranched alkanes of at least 4 members (excludes halogenated alkanes) is 2. The van der Waals surface area contributed by atoms with Crippen molar-refractivity contribution in [3.05, 3.63) is 6.17 Å². The van der Waals surface area contributed by atoms with Gasteiger partial charge in [-0.15, -0.1) is 0 Å². The third-order valence-corrected chi connectivity index (χ3v) is 4.26. The minimum atomic E-state index is 0.484. The number of hydrogen-bond acceptors (Lipinski definition) is 2. The first-order chi connectivity index (χ1) is 8.70. The Balaban J connectivity index is 2.48. The van der Waals surface area contributed by atoms with E-state index < -0.39 is 0 Å². The van der Waals surface area contributed by atoms with E-state index in [0.717, 1.165) is 12.1 Å². The van der Waals surface area contributed by atoms with Crippen LogP contribution in [0.1, 0.15) is 66.2 Å². The van der Waals surface area contributed by atoms with Gasteiger partial charge in [-0.05, 0) is 18.8 Å². The number of rotatable bonds is 9. The molecule has 18 heavy (non-hydrogen) atoms. The second kappa shape index (κ2) is 8.34. The van der Waals surface area contributed by atoms with Crippen molar-refractivity contribution in [2.75, 3.05) is 0 Å². The Labute approximate surface area is 113 Å². The zero-order chi connectivity index (χ0) is 13.4. The molecule has 0 amide bonds. The summed E-state index contributed by atoms with van der Waals surface area (Å²) in [7, 11) is 0. The Hall–Kier alpha value is -0.790. The molecule has 1 aliphatic rings. The number of aliphatic imine (C=N–C) groups is 2. The highest BCUT2D eigenvalue weighted by atomic mass is 15.0. The predicted octanol–water partition coefficient (Wildman–Crippen LogP) is 4.90. The van der Waals surface area contributed by atoms with E-state index in [0.29, 0.717) is 11.8 Å². The summed E-state index contributed by atoms with van der Waals surface area (Å²) >= 11 is 0. The highest BCUT2D eigenvalue weighted by Gasteiger charge is 2.33. The zero-order valence-corrected chi connectivity index (χ0v) is 12.5. The zero-order valence-electron chi connectivity index (χ0n) is 12.5. The van der Waals surface area contributed by atoms with Gasteiger partial charge in [0.25, 0.3) is 0 Å². The van der Waals surface area contributed by atoms with E-state index in [9.17, 15) is 0 Å². The van der Waals surface area contributed by atoms with Crippen molar-refractivity contribution in [3.63, 3.8) is 0 Å². The molecular weight excluding hydrogens is 220 g/mol. The maximum Gasteiger partial charge on any atom is 0.243 e. The molecule has 1 heterocycles. The van der Waals surface area contributed by atoms with Crippen molar-refractivity contribution >= 4 is 12.4 Å². The van der Waals surface area contributed by atoms with Gasteiger partial charge in [-0.3, -0.25) is 0 Å². The van der Waals surface area contributed by atoms with Gasteiger partial charge in [0.05, 0.1) is 5.92 Å². The van der Waals surface area contributed by atoms with Gasteiger partial charge in [0, 0.05) is 0 Å². The molecule has 0 radical (unpaired) electrons. The first-order valence-corrected chi connectivity index (χ1v) is 7.64. The molecule has 0 spiro atoms. The molecule has 1 aliphatic heterocycles. The Bertz CT molecular complexity index is 258. The van der Waals surface area contributed by atoms with E-state index in [2.05, 4.69) is 37.7 Å². The molecule has 3 unspecified atom stereocenters. The fraction of sp³-hybridized carbons (Fsp3) is 0.812. The lowest BCUT2D eigenvalue weighted by atomic mass is 9.77. The summed E-state index contributed by atoms with van der Waals surface area (Å²) in [5.41, 5.74) is 0. The van der Waals surface area contributed by atoms with Crippen LogP contribution in [0.4, 0.5) is 0 Å². The van der Waals surface area contributed by atoms with E-state index in [-0.39, 0.29) is 0 Å². The highest BCUT2D eigenvalue weighted by molar-refractivity contribution is 6.18. The van der Waals surface area contributed by atoms with Crippen LogP contribution < -0.4 is 0 Å². The fourth-order valence-electron chi connectivity index (χ4n) is 2.83. The van der Waals surface area contributed by atoms with E-state index in [1.165, 1.54) is 38.5 Å². The normalized spacial score (nSPS) is 19.2.